The second-order valence-corrected chi connectivity index (χ2v) is 5.96. The summed E-state index contributed by atoms with van der Waals surface area (Å²) in [5.41, 5.74) is 0.660. The Bertz CT molecular complexity index is 426. The molecule has 2 saturated carbocycles. The predicted molar refractivity (Wildman–Crippen MR) is 68.8 cm³/mol. The van der Waals surface area contributed by atoms with Crippen molar-refractivity contribution in [1.82, 2.24) is 4.90 Å². The van der Waals surface area contributed by atoms with Gasteiger partial charge in [0.2, 0.25) is 11.8 Å². The Labute approximate surface area is 112 Å². The molecule has 0 bridgehead atoms. The number of fused-ring (bicyclic) bond motifs is 1. The summed E-state index contributed by atoms with van der Waals surface area (Å²) >= 11 is 0. The summed E-state index contributed by atoms with van der Waals surface area (Å²) in [6.45, 7) is 0. The maximum atomic E-state index is 12.5. The maximum absolute atomic E-state index is 12.5. The molecule has 0 aromatic rings. The van der Waals surface area contributed by atoms with Crippen LogP contribution in [0.25, 0.3) is 0 Å². The average Bonchev–Trinajstić information content (AvgIpc) is 2.71. The van der Waals surface area contributed by atoms with Crippen LogP contribution < -0.4 is 0 Å². The molecule has 2 amide bonds. The van der Waals surface area contributed by atoms with Crippen molar-refractivity contribution in [1.29, 1.82) is 0 Å². The zero-order valence-electron chi connectivity index (χ0n) is 11.0. The fourth-order valence-electron chi connectivity index (χ4n) is 3.83. The van der Waals surface area contributed by atoms with Crippen LogP contribution in [0.4, 0.5) is 0 Å². The Kier molecular flexibility index (Phi) is 3.29. The maximum Gasteiger partial charge on any atom is 0.233 e. The van der Waals surface area contributed by atoms with E-state index in [1.54, 1.807) is 4.90 Å². The molecule has 5 nitrogen and oxygen atoms in total. The predicted octanol–water partition coefficient (Wildman–Crippen LogP) is 1.93. The van der Waals surface area contributed by atoms with Gasteiger partial charge >= 0.3 is 0 Å². The summed E-state index contributed by atoms with van der Waals surface area (Å²) in [4.78, 5) is 26.5. The summed E-state index contributed by atoms with van der Waals surface area (Å²) in [5, 5.41) is 12.1. The molecule has 1 N–H and O–H groups in total. The van der Waals surface area contributed by atoms with Gasteiger partial charge in [-0.25, -0.2) is 0 Å². The Morgan fingerprint density at radius 2 is 1.68 bits per heavy atom. The minimum Gasteiger partial charge on any atom is -0.411 e. The quantitative estimate of drug-likeness (QED) is 0.447. The summed E-state index contributed by atoms with van der Waals surface area (Å²) in [5.74, 6) is -0.435. The molecular weight excluding hydrogens is 244 g/mol. The first-order valence-corrected chi connectivity index (χ1v) is 7.29. The van der Waals surface area contributed by atoms with Crippen molar-refractivity contribution >= 4 is 17.5 Å². The number of likely N-dealkylation sites (tertiary alicyclic amines) is 1. The van der Waals surface area contributed by atoms with E-state index in [-0.39, 0.29) is 29.7 Å². The Hall–Kier alpha value is -1.39. The Balaban J connectivity index is 1.80. The van der Waals surface area contributed by atoms with Gasteiger partial charge in [0.25, 0.3) is 0 Å². The van der Waals surface area contributed by atoms with Crippen molar-refractivity contribution in [2.75, 3.05) is 0 Å². The first-order chi connectivity index (χ1) is 9.22. The summed E-state index contributed by atoms with van der Waals surface area (Å²) < 4.78 is 0. The molecule has 0 aromatic heterocycles. The van der Waals surface area contributed by atoms with Crippen LogP contribution >= 0.6 is 0 Å². The molecule has 0 radical (unpaired) electrons. The fourth-order valence-corrected chi connectivity index (χ4v) is 3.83. The third-order valence-corrected chi connectivity index (χ3v) is 4.88. The van der Waals surface area contributed by atoms with Crippen molar-refractivity contribution in [2.24, 2.45) is 17.0 Å². The fraction of sp³-hybridized carbons (Fsp3) is 0.786. The number of hydrogen-bond donors (Lipinski definition) is 1. The van der Waals surface area contributed by atoms with Crippen LogP contribution in [-0.2, 0) is 9.59 Å². The highest BCUT2D eigenvalue weighted by molar-refractivity contribution is 6.08. The van der Waals surface area contributed by atoms with E-state index in [0.29, 0.717) is 25.0 Å². The number of hydrogen-bond acceptors (Lipinski definition) is 4. The first-order valence-electron chi connectivity index (χ1n) is 7.29. The third-order valence-electron chi connectivity index (χ3n) is 4.88. The number of nitrogens with zero attached hydrogens (tertiary/aromatic N) is 2. The lowest BCUT2D eigenvalue weighted by molar-refractivity contribution is -0.143. The number of rotatable bonds is 1. The van der Waals surface area contributed by atoms with Gasteiger partial charge in [0, 0.05) is 12.5 Å². The van der Waals surface area contributed by atoms with Gasteiger partial charge in [0.05, 0.1) is 17.5 Å². The number of oxime groups is 1. The molecule has 2 atom stereocenters. The van der Waals surface area contributed by atoms with E-state index in [4.69, 9.17) is 5.21 Å². The monoisotopic (exact) mass is 264 g/mol. The second kappa shape index (κ2) is 4.94. The van der Waals surface area contributed by atoms with Crippen molar-refractivity contribution in [3.63, 3.8) is 0 Å². The lowest BCUT2D eigenvalue weighted by Crippen LogP contribution is -2.41. The molecule has 3 fully saturated rings. The molecule has 1 aliphatic heterocycles. The van der Waals surface area contributed by atoms with Gasteiger partial charge < -0.3 is 5.21 Å². The van der Waals surface area contributed by atoms with Crippen LogP contribution in [0, 0.1) is 11.8 Å². The van der Waals surface area contributed by atoms with E-state index in [1.807, 2.05) is 0 Å². The lowest BCUT2D eigenvalue weighted by atomic mass is 9.80. The van der Waals surface area contributed by atoms with Crippen LogP contribution in [0.5, 0.6) is 0 Å². The number of amides is 2. The van der Waals surface area contributed by atoms with Crippen LogP contribution in [0.15, 0.2) is 5.16 Å². The first kappa shape index (κ1) is 12.6. The minimum absolute atomic E-state index is 0.0252. The van der Waals surface area contributed by atoms with Crippen LogP contribution in [-0.4, -0.2) is 33.7 Å². The van der Waals surface area contributed by atoms with Crippen LogP contribution in [0.2, 0.25) is 0 Å². The zero-order valence-corrected chi connectivity index (χ0v) is 11.0. The van der Waals surface area contributed by atoms with Crippen molar-refractivity contribution in [3.8, 4) is 0 Å². The molecule has 2 aliphatic carbocycles. The van der Waals surface area contributed by atoms with Crippen LogP contribution in [0.3, 0.4) is 0 Å². The van der Waals surface area contributed by atoms with Gasteiger partial charge in [-0.3, -0.25) is 14.5 Å². The number of imide groups is 1. The molecule has 5 heteroatoms. The summed E-state index contributed by atoms with van der Waals surface area (Å²) in [6, 6.07) is 0.119. The minimum atomic E-state index is -0.269. The zero-order chi connectivity index (χ0) is 13.4. The van der Waals surface area contributed by atoms with Gasteiger partial charge in [-0.15, -0.1) is 0 Å². The number of carbonyl (C=O) groups is 2. The Morgan fingerprint density at radius 1 is 1.00 bits per heavy atom. The third kappa shape index (κ3) is 2.05. The molecule has 19 heavy (non-hydrogen) atoms. The van der Waals surface area contributed by atoms with E-state index < -0.39 is 0 Å². The van der Waals surface area contributed by atoms with Gasteiger partial charge in [0.15, 0.2) is 0 Å². The smallest absolute Gasteiger partial charge is 0.233 e. The van der Waals surface area contributed by atoms with E-state index >= 15 is 0 Å². The highest BCUT2D eigenvalue weighted by Gasteiger charge is 2.51. The molecule has 3 rings (SSSR count). The summed E-state index contributed by atoms with van der Waals surface area (Å²) in [6.07, 6.45) is 7.08. The largest absolute Gasteiger partial charge is 0.411 e. The molecule has 3 aliphatic rings. The SMILES string of the molecule is O=C1[C@H]2C/C(=N\O)CC[C@H]2C(=O)N1C1CCCCC1. The van der Waals surface area contributed by atoms with E-state index in [1.165, 1.54) is 6.42 Å². The van der Waals surface area contributed by atoms with Gasteiger partial charge in [0.1, 0.15) is 0 Å². The Morgan fingerprint density at radius 3 is 2.37 bits per heavy atom. The van der Waals surface area contributed by atoms with Crippen molar-refractivity contribution in [2.45, 2.75) is 57.4 Å². The molecule has 0 unspecified atom stereocenters. The highest BCUT2D eigenvalue weighted by atomic mass is 16.4. The van der Waals surface area contributed by atoms with Gasteiger partial charge in [-0.1, -0.05) is 24.4 Å². The highest BCUT2D eigenvalue weighted by Crippen LogP contribution is 2.40. The molecule has 1 saturated heterocycles. The topological polar surface area (TPSA) is 70.0 Å². The molecule has 1 heterocycles. The van der Waals surface area contributed by atoms with Gasteiger partial charge in [-0.2, -0.15) is 0 Å². The van der Waals surface area contributed by atoms with E-state index in [2.05, 4.69) is 5.16 Å². The van der Waals surface area contributed by atoms with Crippen LogP contribution in [0.1, 0.15) is 51.4 Å². The normalized spacial score (nSPS) is 34.9. The lowest BCUT2D eigenvalue weighted by Gasteiger charge is -2.29. The van der Waals surface area contributed by atoms with E-state index in [0.717, 1.165) is 25.7 Å². The molecule has 0 aromatic carbocycles. The van der Waals surface area contributed by atoms with Crippen molar-refractivity contribution < 1.29 is 14.8 Å². The molecular formula is C14H20N2O3. The van der Waals surface area contributed by atoms with Gasteiger partial charge in [-0.05, 0) is 25.7 Å². The second-order valence-electron chi connectivity index (χ2n) is 5.96. The number of carbonyl (C=O) groups excluding carboxylic acids is 2. The summed E-state index contributed by atoms with van der Waals surface area (Å²) in [7, 11) is 0. The average molecular weight is 264 g/mol. The van der Waals surface area contributed by atoms with Crippen molar-refractivity contribution in [3.05, 3.63) is 0 Å². The molecule has 0 spiro atoms. The van der Waals surface area contributed by atoms with E-state index in [9.17, 15) is 9.59 Å². The molecule has 104 valence electrons. The standard InChI is InChI=1S/C14H20N2O3/c17-13-11-7-6-9(15-19)8-12(11)14(18)16(13)10-4-2-1-3-5-10/h10-12,19H,1-8H2/b15-9-/t11-,12+/m1/s1.